The van der Waals surface area contributed by atoms with Gasteiger partial charge in [-0.3, -0.25) is 9.48 Å². The highest BCUT2D eigenvalue weighted by Gasteiger charge is 2.35. The molecule has 0 aliphatic heterocycles. The van der Waals surface area contributed by atoms with Gasteiger partial charge in [-0.1, -0.05) is 17.3 Å². The van der Waals surface area contributed by atoms with Crippen LogP contribution in [-0.2, 0) is 23.1 Å². The Kier molecular flexibility index (Phi) is 5.41. The van der Waals surface area contributed by atoms with Crippen molar-refractivity contribution >= 4 is 15.7 Å². The van der Waals surface area contributed by atoms with E-state index in [0.717, 1.165) is 10.9 Å². The molecule has 30 heavy (non-hydrogen) atoms. The summed E-state index contributed by atoms with van der Waals surface area (Å²) < 4.78 is 67.6. The third-order valence-electron chi connectivity index (χ3n) is 4.08. The van der Waals surface area contributed by atoms with E-state index in [1.54, 1.807) is 6.07 Å². The van der Waals surface area contributed by atoms with Gasteiger partial charge in [-0.2, -0.15) is 23.3 Å². The summed E-state index contributed by atoms with van der Waals surface area (Å²) in [7, 11) is -2.22. The standard InChI is InChI=1S/C17H16F3N5O4S/c1-9(21-15(26)12-8-13(17(18,19)20)23-25(12)2)16-22-14(24-29-16)10-5-4-6-11(7-10)30(3,27)28/h4-9H,1-3H3,(H,21,26). The molecule has 0 aliphatic rings. The number of benzene rings is 1. The molecule has 2 aromatic heterocycles. The van der Waals surface area contributed by atoms with E-state index in [2.05, 4.69) is 20.6 Å². The number of rotatable bonds is 5. The predicted molar refractivity (Wildman–Crippen MR) is 96.9 cm³/mol. The fourth-order valence-electron chi connectivity index (χ4n) is 2.54. The highest BCUT2D eigenvalue weighted by molar-refractivity contribution is 7.90. The summed E-state index contributed by atoms with van der Waals surface area (Å²) in [4.78, 5) is 16.5. The molecule has 3 rings (SSSR count). The SMILES string of the molecule is CC(NC(=O)c1cc(C(F)(F)F)nn1C)c1nc(-c2cccc(S(C)(=O)=O)c2)no1. The van der Waals surface area contributed by atoms with Crippen LogP contribution in [0.1, 0.15) is 35.0 Å². The van der Waals surface area contributed by atoms with Crippen molar-refractivity contribution in [2.75, 3.05) is 6.26 Å². The summed E-state index contributed by atoms with van der Waals surface area (Å²) >= 11 is 0. The van der Waals surface area contributed by atoms with Crippen LogP contribution in [0.4, 0.5) is 13.2 Å². The summed E-state index contributed by atoms with van der Waals surface area (Å²) in [6, 6.07) is 5.71. The van der Waals surface area contributed by atoms with Gasteiger partial charge in [-0.25, -0.2) is 8.42 Å². The average molecular weight is 443 g/mol. The Bertz CT molecular complexity index is 1200. The van der Waals surface area contributed by atoms with E-state index in [0.29, 0.717) is 11.6 Å². The summed E-state index contributed by atoms with van der Waals surface area (Å²) in [5.41, 5.74) is -1.10. The van der Waals surface area contributed by atoms with Crippen molar-refractivity contribution < 1.29 is 30.9 Å². The molecule has 1 unspecified atom stereocenters. The van der Waals surface area contributed by atoms with Gasteiger partial charge in [0.1, 0.15) is 11.7 Å². The minimum atomic E-state index is -4.68. The van der Waals surface area contributed by atoms with E-state index >= 15 is 0 Å². The lowest BCUT2D eigenvalue weighted by molar-refractivity contribution is -0.141. The lowest BCUT2D eigenvalue weighted by Crippen LogP contribution is -2.28. The van der Waals surface area contributed by atoms with Crippen LogP contribution in [0.3, 0.4) is 0 Å². The highest BCUT2D eigenvalue weighted by atomic mass is 32.2. The van der Waals surface area contributed by atoms with Crippen molar-refractivity contribution in [3.63, 3.8) is 0 Å². The van der Waals surface area contributed by atoms with E-state index in [9.17, 15) is 26.4 Å². The van der Waals surface area contributed by atoms with Crippen molar-refractivity contribution in [2.24, 2.45) is 7.05 Å². The molecule has 1 atom stereocenters. The van der Waals surface area contributed by atoms with Gasteiger partial charge in [-0.05, 0) is 19.1 Å². The van der Waals surface area contributed by atoms with Gasteiger partial charge < -0.3 is 9.84 Å². The Balaban J connectivity index is 1.78. The Morgan fingerprint density at radius 1 is 1.27 bits per heavy atom. The molecule has 1 N–H and O–H groups in total. The minimum absolute atomic E-state index is 0.0127. The first-order valence-corrected chi connectivity index (χ1v) is 10.3. The van der Waals surface area contributed by atoms with Gasteiger partial charge in [0.05, 0.1) is 4.90 Å². The number of nitrogens with one attached hydrogen (secondary N) is 1. The fourth-order valence-corrected chi connectivity index (χ4v) is 3.21. The molecule has 0 radical (unpaired) electrons. The lowest BCUT2D eigenvalue weighted by Gasteiger charge is -2.09. The summed E-state index contributed by atoms with van der Waals surface area (Å²) in [5, 5.41) is 9.51. The van der Waals surface area contributed by atoms with Crippen LogP contribution in [0.25, 0.3) is 11.4 Å². The third-order valence-corrected chi connectivity index (χ3v) is 5.19. The Morgan fingerprint density at radius 3 is 2.57 bits per heavy atom. The molecule has 0 bridgehead atoms. The molecular weight excluding hydrogens is 427 g/mol. The monoisotopic (exact) mass is 443 g/mol. The second kappa shape index (κ2) is 7.55. The number of alkyl halides is 3. The molecule has 13 heteroatoms. The number of hydrogen-bond acceptors (Lipinski definition) is 7. The van der Waals surface area contributed by atoms with Gasteiger partial charge in [0, 0.05) is 24.9 Å². The Labute approximate surface area is 168 Å². The van der Waals surface area contributed by atoms with E-state index in [1.807, 2.05) is 0 Å². The van der Waals surface area contributed by atoms with Crippen molar-refractivity contribution in [1.82, 2.24) is 25.2 Å². The Hall–Kier alpha value is -3.22. The molecule has 1 amide bonds. The number of carbonyl (C=O) groups excluding carboxylic acids is 1. The highest BCUT2D eigenvalue weighted by Crippen LogP contribution is 2.28. The molecule has 9 nitrogen and oxygen atoms in total. The van der Waals surface area contributed by atoms with Crippen molar-refractivity contribution in [3.05, 3.63) is 47.6 Å². The van der Waals surface area contributed by atoms with Crippen LogP contribution in [0.5, 0.6) is 0 Å². The lowest BCUT2D eigenvalue weighted by atomic mass is 10.2. The van der Waals surface area contributed by atoms with Crippen LogP contribution in [0.2, 0.25) is 0 Å². The number of aromatic nitrogens is 4. The topological polar surface area (TPSA) is 120 Å². The third kappa shape index (κ3) is 4.50. The molecule has 0 fully saturated rings. The first-order valence-electron chi connectivity index (χ1n) is 8.42. The van der Waals surface area contributed by atoms with Crippen molar-refractivity contribution in [3.8, 4) is 11.4 Å². The van der Waals surface area contributed by atoms with Crippen LogP contribution < -0.4 is 5.32 Å². The molecule has 160 valence electrons. The largest absolute Gasteiger partial charge is 0.435 e. The normalized spacial score (nSPS) is 13.3. The first kappa shape index (κ1) is 21.5. The van der Waals surface area contributed by atoms with E-state index in [1.165, 1.54) is 32.2 Å². The number of hydrogen-bond donors (Lipinski definition) is 1. The first-order chi connectivity index (χ1) is 13.9. The van der Waals surface area contributed by atoms with Crippen LogP contribution in [0, 0.1) is 0 Å². The van der Waals surface area contributed by atoms with Gasteiger partial charge in [-0.15, -0.1) is 0 Å². The molecule has 0 aliphatic carbocycles. The molecule has 0 saturated carbocycles. The molecule has 3 aromatic rings. The molecule has 0 spiro atoms. The zero-order valence-electron chi connectivity index (χ0n) is 15.9. The van der Waals surface area contributed by atoms with Crippen LogP contribution in [-0.4, -0.2) is 40.5 Å². The summed E-state index contributed by atoms with van der Waals surface area (Å²) in [6.45, 7) is 1.50. The summed E-state index contributed by atoms with van der Waals surface area (Å²) in [5.74, 6) is -0.732. The van der Waals surface area contributed by atoms with Gasteiger partial charge in [0.15, 0.2) is 15.5 Å². The number of nitrogens with zero attached hydrogens (tertiary/aromatic N) is 4. The molecule has 2 heterocycles. The smallest absolute Gasteiger partial charge is 0.339 e. The summed E-state index contributed by atoms with van der Waals surface area (Å²) in [6.07, 6.45) is -3.61. The van der Waals surface area contributed by atoms with Gasteiger partial charge in [0.2, 0.25) is 11.7 Å². The molecule has 1 aromatic carbocycles. The second-order valence-electron chi connectivity index (χ2n) is 6.49. The minimum Gasteiger partial charge on any atom is -0.339 e. The zero-order valence-corrected chi connectivity index (χ0v) is 16.7. The van der Waals surface area contributed by atoms with E-state index in [-0.39, 0.29) is 22.3 Å². The maximum Gasteiger partial charge on any atom is 0.435 e. The fraction of sp³-hybridized carbons (Fsp3) is 0.294. The number of amides is 1. The Morgan fingerprint density at radius 2 is 1.97 bits per heavy atom. The quantitative estimate of drug-likeness (QED) is 0.643. The van der Waals surface area contributed by atoms with Crippen LogP contribution in [0.15, 0.2) is 39.8 Å². The number of aryl methyl sites for hydroxylation is 1. The van der Waals surface area contributed by atoms with Crippen molar-refractivity contribution in [1.29, 1.82) is 0 Å². The predicted octanol–water partition coefficient (Wildman–Crippen LogP) is 2.38. The average Bonchev–Trinajstić information content (AvgIpc) is 3.28. The zero-order chi connectivity index (χ0) is 22.3. The number of carbonyl (C=O) groups is 1. The van der Waals surface area contributed by atoms with Gasteiger partial charge in [0.25, 0.3) is 5.91 Å². The number of halogens is 3. The van der Waals surface area contributed by atoms with Crippen LogP contribution >= 0.6 is 0 Å². The van der Waals surface area contributed by atoms with E-state index in [4.69, 9.17) is 4.52 Å². The molecule has 0 saturated heterocycles. The second-order valence-corrected chi connectivity index (χ2v) is 8.50. The maximum absolute atomic E-state index is 12.8. The van der Waals surface area contributed by atoms with Crippen molar-refractivity contribution in [2.45, 2.75) is 24.0 Å². The maximum atomic E-state index is 12.8. The van der Waals surface area contributed by atoms with Gasteiger partial charge >= 0.3 is 6.18 Å². The number of sulfone groups is 1. The molecular formula is C17H16F3N5O4S. The van der Waals surface area contributed by atoms with E-state index < -0.39 is 33.7 Å².